The Kier molecular flexibility index (Phi) is 4.02. The molecule has 0 aromatic heterocycles. The Balaban J connectivity index is 2.08. The lowest BCUT2D eigenvalue weighted by Crippen LogP contribution is -1.97. The minimum Gasteiger partial charge on any atom is -0.489 e. The van der Waals surface area contributed by atoms with E-state index in [1.165, 1.54) is 17.2 Å². The molecule has 3 heteroatoms. The van der Waals surface area contributed by atoms with Crippen LogP contribution in [0.1, 0.15) is 16.7 Å². The minimum absolute atomic E-state index is 0.284. The van der Waals surface area contributed by atoms with Crippen molar-refractivity contribution in [3.8, 4) is 5.75 Å². The summed E-state index contributed by atoms with van der Waals surface area (Å²) < 4.78 is 19.1. The maximum Gasteiger partial charge on any atom is 0.137 e. The fraction of sp³-hybridized carbons (Fsp3) is 0.200. The van der Waals surface area contributed by atoms with Gasteiger partial charge in [0, 0.05) is 0 Å². The molecule has 0 saturated heterocycles. The molecule has 0 amide bonds. The zero-order valence-corrected chi connectivity index (χ0v) is 11.9. The summed E-state index contributed by atoms with van der Waals surface area (Å²) in [5, 5.41) is 0. The van der Waals surface area contributed by atoms with E-state index < -0.39 is 0 Å². The maximum absolute atomic E-state index is 13.1. The quantitative estimate of drug-likeness (QED) is 0.792. The highest BCUT2D eigenvalue weighted by Gasteiger charge is 2.02. The number of rotatable bonds is 3. The van der Waals surface area contributed by atoms with Crippen molar-refractivity contribution in [3.05, 3.63) is 63.4 Å². The van der Waals surface area contributed by atoms with E-state index in [1.807, 2.05) is 0 Å². The van der Waals surface area contributed by atoms with Crippen LogP contribution in [-0.2, 0) is 6.61 Å². The van der Waals surface area contributed by atoms with Crippen LogP contribution in [0.25, 0.3) is 0 Å². The average Bonchev–Trinajstić information content (AvgIpc) is 2.29. The lowest BCUT2D eigenvalue weighted by Gasteiger charge is -2.08. The monoisotopic (exact) mass is 308 g/mol. The first-order valence-electron chi connectivity index (χ1n) is 5.69. The topological polar surface area (TPSA) is 9.23 Å². The van der Waals surface area contributed by atoms with Gasteiger partial charge in [-0.15, -0.1) is 0 Å². The molecule has 0 bridgehead atoms. The van der Waals surface area contributed by atoms with Crippen molar-refractivity contribution in [2.75, 3.05) is 0 Å². The second-order valence-electron chi connectivity index (χ2n) is 4.36. The normalized spacial score (nSPS) is 10.4. The van der Waals surface area contributed by atoms with Gasteiger partial charge in [-0.1, -0.05) is 29.3 Å². The first-order valence-corrected chi connectivity index (χ1v) is 6.49. The van der Waals surface area contributed by atoms with Crippen molar-refractivity contribution in [1.29, 1.82) is 0 Å². The summed E-state index contributed by atoms with van der Waals surface area (Å²) in [6.45, 7) is 4.61. The van der Waals surface area contributed by atoms with Crippen LogP contribution in [0, 0.1) is 19.7 Å². The van der Waals surface area contributed by atoms with E-state index in [4.69, 9.17) is 4.74 Å². The molecule has 0 unspecified atom stereocenters. The molecule has 0 saturated carbocycles. The molecule has 0 spiro atoms. The second-order valence-corrected chi connectivity index (χ2v) is 5.21. The van der Waals surface area contributed by atoms with Crippen molar-refractivity contribution in [1.82, 2.24) is 0 Å². The highest BCUT2D eigenvalue weighted by molar-refractivity contribution is 9.10. The Bertz CT molecular complexity index is 546. The van der Waals surface area contributed by atoms with Crippen molar-refractivity contribution < 1.29 is 9.13 Å². The van der Waals surface area contributed by atoms with Gasteiger partial charge in [0.1, 0.15) is 18.2 Å². The number of hydrogen-bond donors (Lipinski definition) is 0. The molecule has 0 fully saturated rings. The summed E-state index contributed by atoms with van der Waals surface area (Å²) in [4.78, 5) is 0. The Morgan fingerprint density at radius 1 is 1.06 bits per heavy atom. The third kappa shape index (κ3) is 3.33. The van der Waals surface area contributed by atoms with Gasteiger partial charge >= 0.3 is 0 Å². The van der Waals surface area contributed by atoms with Gasteiger partial charge in [0.2, 0.25) is 0 Å². The summed E-state index contributed by atoms with van der Waals surface area (Å²) in [7, 11) is 0. The standard InChI is InChI=1S/C15H14BrFO/c1-10-5-11(2)7-12(6-10)9-18-13-3-4-15(17)14(16)8-13/h3-8H,9H2,1-2H3. The third-order valence-electron chi connectivity index (χ3n) is 2.58. The number of benzene rings is 2. The zero-order valence-electron chi connectivity index (χ0n) is 10.3. The molecule has 2 rings (SSSR count). The van der Waals surface area contributed by atoms with Crippen LogP contribution < -0.4 is 4.74 Å². The lowest BCUT2D eigenvalue weighted by molar-refractivity contribution is 0.305. The Hall–Kier alpha value is -1.35. The fourth-order valence-corrected chi connectivity index (χ4v) is 2.24. The van der Waals surface area contributed by atoms with Gasteiger partial charge in [0.05, 0.1) is 4.47 Å². The minimum atomic E-state index is -0.284. The molecular weight excluding hydrogens is 295 g/mol. The van der Waals surface area contributed by atoms with Crippen LogP contribution in [0.2, 0.25) is 0 Å². The number of hydrogen-bond acceptors (Lipinski definition) is 1. The van der Waals surface area contributed by atoms with Crippen LogP contribution in [-0.4, -0.2) is 0 Å². The second kappa shape index (κ2) is 5.53. The average molecular weight is 309 g/mol. The first-order chi connectivity index (χ1) is 8.54. The molecule has 18 heavy (non-hydrogen) atoms. The Morgan fingerprint density at radius 3 is 2.33 bits per heavy atom. The van der Waals surface area contributed by atoms with Gasteiger partial charge in [-0.25, -0.2) is 4.39 Å². The molecule has 0 aliphatic carbocycles. The van der Waals surface area contributed by atoms with Crippen molar-refractivity contribution in [3.63, 3.8) is 0 Å². The molecule has 0 radical (unpaired) electrons. The SMILES string of the molecule is Cc1cc(C)cc(COc2ccc(F)c(Br)c2)c1. The van der Waals surface area contributed by atoms with Crippen LogP contribution in [0.4, 0.5) is 4.39 Å². The van der Waals surface area contributed by atoms with E-state index in [0.29, 0.717) is 16.8 Å². The van der Waals surface area contributed by atoms with E-state index in [1.54, 1.807) is 12.1 Å². The predicted octanol–water partition coefficient (Wildman–Crippen LogP) is 4.78. The van der Waals surface area contributed by atoms with E-state index >= 15 is 0 Å². The molecule has 0 atom stereocenters. The summed E-state index contributed by atoms with van der Waals surface area (Å²) in [6.07, 6.45) is 0. The molecule has 2 aromatic rings. The fourth-order valence-electron chi connectivity index (χ4n) is 1.89. The van der Waals surface area contributed by atoms with Crippen LogP contribution in [0.15, 0.2) is 40.9 Å². The van der Waals surface area contributed by atoms with Gasteiger partial charge in [0.15, 0.2) is 0 Å². The Labute approximate surface area is 115 Å². The third-order valence-corrected chi connectivity index (χ3v) is 3.19. The first kappa shape index (κ1) is 13.1. The van der Waals surface area contributed by atoms with Crippen LogP contribution >= 0.6 is 15.9 Å². The summed E-state index contributed by atoms with van der Waals surface area (Å²) in [6, 6.07) is 11.0. The van der Waals surface area contributed by atoms with E-state index in [0.717, 1.165) is 5.56 Å². The molecule has 1 nitrogen and oxygen atoms in total. The molecule has 94 valence electrons. The van der Waals surface area contributed by atoms with Crippen molar-refractivity contribution in [2.45, 2.75) is 20.5 Å². The van der Waals surface area contributed by atoms with Gasteiger partial charge in [-0.2, -0.15) is 0 Å². The largest absolute Gasteiger partial charge is 0.489 e. The molecule has 0 aliphatic rings. The van der Waals surface area contributed by atoms with Crippen LogP contribution in [0.5, 0.6) is 5.75 Å². The van der Waals surface area contributed by atoms with Crippen LogP contribution in [0.3, 0.4) is 0 Å². The molecule has 0 heterocycles. The lowest BCUT2D eigenvalue weighted by atomic mass is 10.1. The summed E-state index contributed by atoms with van der Waals surface area (Å²) >= 11 is 3.14. The summed E-state index contributed by atoms with van der Waals surface area (Å²) in [5.74, 6) is 0.371. The number of aryl methyl sites for hydroxylation is 2. The molecular formula is C15H14BrFO. The predicted molar refractivity (Wildman–Crippen MR) is 74.3 cm³/mol. The van der Waals surface area contributed by atoms with Crippen molar-refractivity contribution >= 4 is 15.9 Å². The van der Waals surface area contributed by atoms with Gasteiger partial charge in [-0.3, -0.25) is 0 Å². The zero-order chi connectivity index (χ0) is 13.1. The summed E-state index contributed by atoms with van der Waals surface area (Å²) in [5.41, 5.74) is 3.55. The molecule has 0 N–H and O–H groups in total. The van der Waals surface area contributed by atoms with Crippen molar-refractivity contribution in [2.24, 2.45) is 0 Å². The van der Waals surface area contributed by atoms with Gasteiger partial charge in [0.25, 0.3) is 0 Å². The number of ether oxygens (including phenoxy) is 1. The van der Waals surface area contributed by atoms with Gasteiger partial charge in [-0.05, 0) is 53.5 Å². The van der Waals surface area contributed by atoms with Gasteiger partial charge < -0.3 is 4.74 Å². The highest BCUT2D eigenvalue weighted by atomic mass is 79.9. The highest BCUT2D eigenvalue weighted by Crippen LogP contribution is 2.22. The van der Waals surface area contributed by atoms with E-state index in [-0.39, 0.29) is 5.82 Å². The van der Waals surface area contributed by atoms with E-state index in [2.05, 4.69) is 48.0 Å². The molecule has 2 aromatic carbocycles. The smallest absolute Gasteiger partial charge is 0.137 e. The maximum atomic E-state index is 13.1. The molecule has 0 aliphatic heterocycles. The number of halogens is 2. The van der Waals surface area contributed by atoms with E-state index in [9.17, 15) is 4.39 Å². The Morgan fingerprint density at radius 2 is 1.72 bits per heavy atom.